The summed E-state index contributed by atoms with van der Waals surface area (Å²) in [4.78, 5) is 0. The zero-order valence-electron chi connectivity index (χ0n) is 10.6. The summed E-state index contributed by atoms with van der Waals surface area (Å²) in [6, 6.07) is 6.19. The van der Waals surface area contributed by atoms with E-state index in [1.165, 1.54) is 5.56 Å². The number of aromatic nitrogens is 2. The maximum atomic E-state index is 6.20. The van der Waals surface area contributed by atoms with E-state index >= 15 is 0 Å². The highest BCUT2D eigenvalue weighted by Gasteiger charge is 2.10. The zero-order chi connectivity index (χ0) is 13.3. The molecule has 0 fully saturated rings. The van der Waals surface area contributed by atoms with Crippen LogP contribution in [-0.2, 0) is 13.6 Å². The Morgan fingerprint density at radius 3 is 2.67 bits per heavy atom. The third kappa shape index (κ3) is 2.70. The number of aryl methyl sites for hydroxylation is 3. The van der Waals surface area contributed by atoms with Crippen LogP contribution in [-0.4, -0.2) is 9.78 Å². The summed E-state index contributed by atoms with van der Waals surface area (Å²) in [6.45, 7) is 4.63. The molecule has 0 radical (unpaired) electrons. The first-order valence-corrected chi connectivity index (χ1v) is 6.84. The number of rotatable bonds is 3. The van der Waals surface area contributed by atoms with Gasteiger partial charge in [-0.15, -0.1) is 0 Å². The lowest BCUT2D eigenvalue weighted by atomic mass is 10.2. The van der Waals surface area contributed by atoms with Gasteiger partial charge >= 0.3 is 0 Å². The van der Waals surface area contributed by atoms with Crippen molar-refractivity contribution in [2.24, 2.45) is 7.05 Å². The van der Waals surface area contributed by atoms with Crippen molar-refractivity contribution in [2.45, 2.75) is 20.4 Å². The van der Waals surface area contributed by atoms with Crippen LogP contribution in [0.3, 0.4) is 0 Å². The smallest absolute Gasteiger partial charge is 0.0865 e. The van der Waals surface area contributed by atoms with E-state index in [1.807, 2.05) is 18.7 Å². The topological polar surface area (TPSA) is 29.9 Å². The number of benzene rings is 1. The molecule has 1 heterocycles. The van der Waals surface area contributed by atoms with Gasteiger partial charge in [-0.25, -0.2) is 0 Å². The normalized spacial score (nSPS) is 10.7. The lowest BCUT2D eigenvalue weighted by Gasteiger charge is -2.08. The summed E-state index contributed by atoms with van der Waals surface area (Å²) < 4.78 is 2.91. The molecule has 0 saturated carbocycles. The van der Waals surface area contributed by atoms with Gasteiger partial charge in [-0.05, 0) is 31.5 Å². The molecule has 1 N–H and O–H groups in total. The molecule has 96 valence electrons. The summed E-state index contributed by atoms with van der Waals surface area (Å²) in [5.41, 5.74) is 4.13. The van der Waals surface area contributed by atoms with E-state index in [4.69, 9.17) is 11.6 Å². The predicted octanol–water partition coefficient (Wildman–Crippen LogP) is 4.06. The van der Waals surface area contributed by atoms with Crippen LogP contribution >= 0.6 is 27.5 Å². The first kappa shape index (κ1) is 13.4. The summed E-state index contributed by atoms with van der Waals surface area (Å²) in [5.74, 6) is 0. The van der Waals surface area contributed by atoms with Crippen LogP contribution in [0.25, 0.3) is 0 Å². The Hall–Kier alpha value is -1.00. The molecule has 18 heavy (non-hydrogen) atoms. The van der Waals surface area contributed by atoms with Crippen molar-refractivity contribution < 1.29 is 0 Å². The first-order chi connectivity index (χ1) is 8.49. The number of hydrogen-bond acceptors (Lipinski definition) is 2. The largest absolute Gasteiger partial charge is 0.379 e. The molecule has 1 aromatic carbocycles. The van der Waals surface area contributed by atoms with E-state index in [0.29, 0.717) is 6.54 Å². The van der Waals surface area contributed by atoms with Crippen LogP contribution in [0.2, 0.25) is 5.02 Å². The van der Waals surface area contributed by atoms with Crippen molar-refractivity contribution in [2.75, 3.05) is 5.32 Å². The molecule has 0 aliphatic rings. The molecule has 0 aliphatic carbocycles. The van der Waals surface area contributed by atoms with Gasteiger partial charge in [0.25, 0.3) is 0 Å². The van der Waals surface area contributed by atoms with Crippen LogP contribution in [0.4, 0.5) is 5.69 Å². The highest BCUT2D eigenvalue weighted by atomic mass is 79.9. The van der Waals surface area contributed by atoms with Crippen LogP contribution in [0, 0.1) is 13.8 Å². The van der Waals surface area contributed by atoms with E-state index in [2.05, 4.69) is 51.5 Å². The van der Waals surface area contributed by atoms with Crippen molar-refractivity contribution in [3.05, 3.63) is 44.6 Å². The number of nitrogens with zero attached hydrogens (tertiary/aromatic N) is 2. The van der Waals surface area contributed by atoms with Gasteiger partial charge in [0.15, 0.2) is 0 Å². The fourth-order valence-electron chi connectivity index (χ4n) is 1.76. The quantitative estimate of drug-likeness (QED) is 0.920. The molecule has 0 saturated heterocycles. The van der Waals surface area contributed by atoms with E-state index in [1.54, 1.807) is 0 Å². The SMILES string of the molecule is Cc1ccc(NCc2c(Cl)c(C)nn2C)cc1Br. The van der Waals surface area contributed by atoms with Gasteiger partial charge in [0.1, 0.15) is 0 Å². The molecule has 0 amide bonds. The van der Waals surface area contributed by atoms with E-state index < -0.39 is 0 Å². The number of anilines is 1. The number of halogens is 2. The van der Waals surface area contributed by atoms with Gasteiger partial charge in [-0.2, -0.15) is 5.10 Å². The maximum absolute atomic E-state index is 6.20. The number of hydrogen-bond donors (Lipinski definition) is 1. The molecule has 0 atom stereocenters. The lowest BCUT2D eigenvalue weighted by Crippen LogP contribution is -2.06. The first-order valence-electron chi connectivity index (χ1n) is 5.67. The minimum atomic E-state index is 0.658. The van der Waals surface area contributed by atoms with Crippen molar-refractivity contribution >= 4 is 33.2 Å². The lowest BCUT2D eigenvalue weighted by molar-refractivity contribution is 0.713. The fraction of sp³-hybridized carbons (Fsp3) is 0.308. The molecule has 3 nitrogen and oxygen atoms in total. The molecule has 0 bridgehead atoms. The third-order valence-corrected chi connectivity index (χ3v) is 4.24. The van der Waals surface area contributed by atoms with Crippen molar-refractivity contribution in [1.29, 1.82) is 0 Å². The van der Waals surface area contributed by atoms with Crippen LogP contribution in [0.5, 0.6) is 0 Å². The molecular weight excluding hydrogens is 314 g/mol. The monoisotopic (exact) mass is 327 g/mol. The van der Waals surface area contributed by atoms with Crippen molar-refractivity contribution in [3.63, 3.8) is 0 Å². The molecule has 2 rings (SSSR count). The van der Waals surface area contributed by atoms with Crippen molar-refractivity contribution in [3.8, 4) is 0 Å². The maximum Gasteiger partial charge on any atom is 0.0865 e. The van der Waals surface area contributed by atoms with Gasteiger partial charge in [-0.1, -0.05) is 33.6 Å². The van der Waals surface area contributed by atoms with Gasteiger partial charge in [-0.3, -0.25) is 4.68 Å². The Kier molecular flexibility index (Phi) is 3.97. The van der Waals surface area contributed by atoms with E-state index in [0.717, 1.165) is 26.6 Å². The molecule has 0 unspecified atom stereocenters. The van der Waals surface area contributed by atoms with Gasteiger partial charge in [0, 0.05) is 17.2 Å². The molecule has 0 spiro atoms. The fourth-order valence-corrected chi connectivity index (χ4v) is 2.37. The predicted molar refractivity (Wildman–Crippen MR) is 79.2 cm³/mol. The van der Waals surface area contributed by atoms with E-state index in [9.17, 15) is 0 Å². The highest BCUT2D eigenvalue weighted by Crippen LogP contribution is 2.23. The Morgan fingerprint density at radius 1 is 1.39 bits per heavy atom. The molecule has 2 aromatic rings. The summed E-state index contributed by atoms with van der Waals surface area (Å²) in [5, 5.41) is 8.37. The summed E-state index contributed by atoms with van der Waals surface area (Å²) >= 11 is 9.73. The highest BCUT2D eigenvalue weighted by molar-refractivity contribution is 9.10. The molecule has 5 heteroatoms. The Morgan fingerprint density at radius 2 is 2.11 bits per heavy atom. The van der Waals surface area contributed by atoms with Gasteiger partial charge < -0.3 is 5.32 Å². The third-order valence-electron chi connectivity index (χ3n) is 2.89. The van der Waals surface area contributed by atoms with Crippen LogP contribution in [0.15, 0.2) is 22.7 Å². The van der Waals surface area contributed by atoms with E-state index in [-0.39, 0.29) is 0 Å². The molecule has 1 aromatic heterocycles. The second-order valence-corrected chi connectivity index (χ2v) is 5.52. The minimum absolute atomic E-state index is 0.658. The van der Waals surface area contributed by atoms with Crippen LogP contribution in [0.1, 0.15) is 17.0 Å². The standard InChI is InChI=1S/C13H15BrClN3/c1-8-4-5-10(6-11(8)14)16-7-12-13(15)9(2)17-18(12)3/h4-6,16H,7H2,1-3H3. The van der Waals surface area contributed by atoms with Crippen LogP contribution < -0.4 is 5.32 Å². The molecular formula is C13H15BrClN3. The summed E-state index contributed by atoms with van der Waals surface area (Å²) in [6.07, 6.45) is 0. The Balaban J connectivity index is 2.14. The molecule has 0 aliphatic heterocycles. The second kappa shape index (κ2) is 5.33. The minimum Gasteiger partial charge on any atom is -0.379 e. The summed E-state index contributed by atoms with van der Waals surface area (Å²) in [7, 11) is 1.90. The second-order valence-electron chi connectivity index (χ2n) is 4.29. The Bertz CT molecular complexity index is 578. The average Bonchev–Trinajstić information content (AvgIpc) is 2.56. The van der Waals surface area contributed by atoms with Crippen molar-refractivity contribution in [1.82, 2.24) is 9.78 Å². The Labute approximate surface area is 120 Å². The zero-order valence-corrected chi connectivity index (χ0v) is 12.9. The van der Waals surface area contributed by atoms with Gasteiger partial charge in [0.2, 0.25) is 0 Å². The average molecular weight is 329 g/mol. The van der Waals surface area contributed by atoms with Gasteiger partial charge in [0.05, 0.1) is 23.0 Å². The number of nitrogens with one attached hydrogen (secondary N) is 1.